The molecule has 1 aromatic carbocycles. The lowest BCUT2D eigenvalue weighted by atomic mass is 10.1. The molecule has 1 heterocycles. The van der Waals surface area contributed by atoms with E-state index in [4.69, 9.17) is 0 Å². The summed E-state index contributed by atoms with van der Waals surface area (Å²) < 4.78 is 0. The number of amides is 1. The molecule has 5 nitrogen and oxygen atoms in total. The molecule has 1 aromatic heterocycles. The molecule has 0 radical (unpaired) electrons. The van der Waals surface area contributed by atoms with Gasteiger partial charge in [-0.1, -0.05) is 12.1 Å². The lowest BCUT2D eigenvalue weighted by Crippen LogP contribution is -2.12. The van der Waals surface area contributed by atoms with Crippen LogP contribution in [0.5, 0.6) is 0 Å². The van der Waals surface area contributed by atoms with Crippen LogP contribution in [0, 0.1) is 0 Å². The maximum absolute atomic E-state index is 11.9. The van der Waals surface area contributed by atoms with Crippen molar-refractivity contribution in [2.75, 3.05) is 5.32 Å². The number of rotatable bonds is 3. The lowest BCUT2D eigenvalue weighted by molar-refractivity contribution is 0.102. The molecule has 0 fully saturated rings. The predicted octanol–water partition coefficient (Wildman–Crippen LogP) is 1.78. The number of benzene rings is 1. The third-order valence-electron chi connectivity index (χ3n) is 2.47. The van der Waals surface area contributed by atoms with Gasteiger partial charge >= 0.3 is 0 Å². The minimum Gasteiger partial charge on any atom is -0.389 e. The van der Waals surface area contributed by atoms with E-state index in [1.165, 1.54) is 12.4 Å². The highest BCUT2D eigenvalue weighted by Gasteiger charge is 2.07. The number of nitrogens with zero attached hydrogens (tertiary/aromatic N) is 2. The van der Waals surface area contributed by atoms with E-state index in [-0.39, 0.29) is 5.91 Å². The molecule has 0 aliphatic carbocycles. The highest BCUT2D eigenvalue weighted by atomic mass is 16.3. The molecular formula is C13H13N3O2. The Balaban J connectivity index is 2.15. The SMILES string of the molecule is CC(O)c1cccc(NC(=O)c2ccnnc2)c1. The Morgan fingerprint density at radius 3 is 2.83 bits per heavy atom. The van der Waals surface area contributed by atoms with E-state index in [1.54, 1.807) is 37.3 Å². The van der Waals surface area contributed by atoms with Crippen LogP contribution < -0.4 is 5.32 Å². The average Bonchev–Trinajstić information content (AvgIpc) is 2.40. The third kappa shape index (κ3) is 2.89. The molecule has 0 aliphatic heterocycles. The summed E-state index contributed by atoms with van der Waals surface area (Å²) in [4.78, 5) is 11.9. The van der Waals surface area contributed by atoms with Crippen molar-refractivity contribution in [3.05, 3.63) is 53.9 Å². The van der Waals surface area contributed by atoms with E-state index in [0.717, 1.165) is 5.56 Å². The normalized spacial score (nSPS) is 11.9. The zero-order chi connectivity index (χ0) is 13.0. The van der Waals surface area contributed by atoms with Crippen molar-refractivity contribution >= 4 is 11.6 Å². The van der Waals surface area contributed by atoms with Crippen LogP contribution in [0.15, 0.2) is 42.7 Å². The molecule has 0 saturated carbocycles. The van der Waals surface area contributed by atoms with Crippen molar-refractivity contribution in [2.24, 2.45) is 0 Å². The van der Waals surface area contributed by atoms with Gasteiger partial charge in [-0.15, -0.1) is 0 Å². The number of hydrogen-bond donors (Lipinski definition) is 2. The third-order valence-corrected chi connectivity index (χ3v) is 2.47. The zero-order valence-corrected chi connectivity index (χ0v) is 9.87. The average molecular weight is 243 g/mol. The molecule has 0 spiro atoms. The number of carbonyl (C=O) groups is 1. The molecule has 2 rings (SSSR count). The van der Waals surface area contributed by atoms with E-state index in [2.05, 4.69) is 15.5 Å². The molecular weight excluding hydrogens is 230 g/mol. The van der Waals surface area contributed by atoms with Crippen molar-refractivity contribution in [1.82, 2.24) is 10.2 Å². The first-order valence-corrected chi connectivity index (χ1v) is 5.53. The molecule has 2 N–H and O–H groups in total. The Labute approximate surface area is 104 Å². The highest BCUT2D eigenvalue weighted by molar-refractivity contribution is 6.03. The van der Waals surface area contributed by atoms with Crippen LogP contribution >= 0.6 is 0 Å². The Hall–Kier alpha value is -2.27. The van der Waals surface area contributed by atoms with Gasteiger partial charge in [-0.3, -0.25) is 4.79 Å². The second kappa shape index (κ2) is 5.37. The highest BCUT2D eigenvalue weighted by Crippen LogP contribution is 2.17. The zero-order valence-electron chi connectivity index (χ0n) is 9.87. The van der Waals surface area contributed by atoms with Crippen LogP contribution in [0.4, 0.5) is 5.69 Å². The quantitative estimate of drug-likeness (QED) is 0.861. The number of aliphatic hydroxyl groups excluding tert-OH is 1. The number of carbonyl (C=O) groups excluding carboxylic acids is 1. The smallest absolute Gasteiger partial charge is 0.257 e. The summed E-state index contributed by atoms with van der Waals surface area (Å²) in [5, 5.41) is 19.5. The summed E-state index contributed by atoms with van der Waals surface area (Å²) in [6.45, 7) is 1.67. The van der Waals surface area contributed by atoms with Gasteiger partial charge in [0.25, 0.3) is 5.91 Å². The summed E-state index contributed by atoms with van der Waals surface area (Å²) >= 11 is 0. The standard InChI is InChI=1S/C13H13N3O2/c1-9(17)10-3-2-4-12(7-10)16-13(18)11-5-6-14-15-8-11/h2-9,17H,1H3,(H,16,18). The predicted molar refractivity (Wildman–Crippen MR) is 67.1 cm³/mol. The maximum atomic E-state index is 11.9. The first-order chi connectivity index (χ1) is 8.66. The molecule has 1 amide bonds. The van der Waals surface area contributed by atoms with Gasteiger partial charge in [0.1, 0.15) is 0 Å². The molecule has 0 bridgehead atoms. The fraction of sp³-hybridized carbons (Fsp3) is 0.154. The number of hydrogen-bond acceptors (Lipinski definition) is 4. The van der Waals surface area contributed by atoms with Crippen molar-refractivity contribution in [3.8, 4) is 0 Å². The summed E-state index contributed by atoms with van der Waals surface area (Å²) in [7, 11) is 0. The molecule has 92 valence electrons. The Bertz CT molecular complexity index is 541. The van der Waals surface area contributed by atoms with Crippen LogP contribution in [0.2, 0.25) is 0 Å². The molecule has 1 unspecified atom stereocenters. The van der Waals surface area contributed by atoms with Crippen LogP contribution in [0.25, 0.3) is 0 Å². The van der Waals surface area contributed by atoms with E-state index in [1.807, 2.05) is 0 Å². The lowest BCUT2D eigenvalue weighted by Gasteiger charge is -2.08. The fourth-order valence-corrected chi connectivity index (χ4v) is 1.50. The summed E-state index contributed by atoms with van der Waals surface area (Å²) in [6.07, 6.45) is 2.29. The number of aliphatic hydroxyl groups is 1. The van der Waals surface area contributed by atoms with Gasteiger partial charge in [0.2, 0.25) is 0 Å². The molecule has 0 aliphatic rings. The van der Waals surface area contributed by atoms with Crippen molar-refractivity contribution < 1.29 is 9.90 Å². The second-order valence-corrected chi connectivity index (χ2v) is 3.89. The van der Waals surface area contributed by atoms with Gasteiger partial charge in [0, 0.05) is 5.69 Å². The summed E-state index contributed by atoms with van der Waals surface area (Å²) in [6, 6.07) is 8.66. The Kier molecular flexibility index (Phi) is 3.64. The molecule has 1 atom stereocenters. The van der Waals surface area contributed by atoms with Gasteiger partial charge < -0.3 is 10.4 Å². The molecule has 18 heavy (non-hydrogen) atoms. The molecule has 0 saturated heterocycles. The van der Waals surface area contributed by atoms with Gasteiger partial charge in [0.15, 0.2) is 0 Å². The number of aromatic nitrogens is 2. The number of anilines is 1. The fourth-order valence-electron chi connectivity index (χ4n) is 1.50. The number of nitrogens with one attached hydrogen (secondary N) is 1. The minimum atomic E-state index is -0.565. The minimum absolute atomic E-state index is 0.257. The monoisotopic (exact) mass is 243 g/mol. The topological polar surface area (TPSA) is 75.1 Å². The molecule has 2 aromatic rings. The Morgan fingerprint density at radius 2 is 2.17 bits per heavy atom. The van der Waals surface area contributed by atoms with Crippen LogP contribution in [0.3, 0.4) is 0 Å². The van der Waals surface area contributed by atoms with E-state index in [0.29, 0.717) is 11.3 Å². The first-order valence-electron chi connectivity index (χ1n) is 5.53. The van der Waals surface area contributed by atoms with Crippen molar-refractivity contribution in [3.63, 3.8) is 0 Å². The summed E-state index contributed by atoms with van der Waals surface area (Å²) in [5.74, 6) is -0.257. The van der Waals surface area contributed by atoms with Gasteiger partial charge in [0.05, 0.1) is 24.1 Å². The van der Waals surface area contributed by atoms with Crippen LogP contribution in [-0.4, -0.2) is 21.2 Å². The van der Waals surface area contributed by atoms with E-state index >= 15 is 0 Å². The second-order valence-electron chi connectivity index (χ2n) is 3.89. The molecule has 5 heteroatoms. The van der Waals surface area contributed by atoms with Crippen molar-refractivity contribution in [1.29, 1.82) is 0 Å². The van der Waals surface area contributed by atoms with E-state index < -0.39 is 6.10 Å². The van der Waals surface area contributed by atoms with E-state index in [9.17, 15) is 9.90 Å². The first kappa shape index (κ1) is 12.2. The largest absolute Gasteiger partial charge is 0.389 e. The maximum Gasteiger partial charge on any atom is 0.257 e. The van der Waals surface area contributed by atoms with Crippen LogP contribution in [-0.2, 0) is 0 Å². The van der Waals surface area contributed by atoms with Crippen LogP contribution in [0.1, 0.15) is 28.9 Å². The van der Waals surface area contributed by atoms with Gasteiger partial charge in [-0.2, -0.15) is 10.2 Å². The summed E-state index contributed by atoms with van der Waals surface area (Å²) in [5.41, 5.74) is 1.82. The van der Waals surface area contributed by atoms with Crippen molar-refractivity contribution in [2.45, 2.75) is 13.0 Å². The Morgan fingerprint density at radius 1 is 1.33 bits per heavy atom. The van der Waals surface area contributed by atoms with Gasteiger partial charge in [-0.25, -0.2) is 0 Å². The van der Waals surface area contributed by atoms with Gasteiger partial charge in [-0.05, 0) is 30.7 Å².